The van der Waals surface area contributed by atoms with E-state index in [1.807, 2.05) is 12.1 Å². The third-order valence-electron chi connectivity index (χ3n) is 4.10. The Labute approximate surface area is 137 Å². The van der Waals surface area contributed by atoms with Gasteiger partial charge in [0.2, 0.25) is 5.95 Å². The average molecular weight is 340 g/mol. The van der Waals surface area contributed by atoms with Crippen molar-refractivity contribution in [2.75, 3.05) is 25.0 Å². The van der Waals surface area contributed by atoms with E-state index in [0.717, 1.165) is 44.0 Å². The minimum absolute atomic E-state index is 0.0293. The molecule has 8 heteroatoms. The fraction of sp³-hybridized carbons (Fsp3) is 0.500. The van der Waals surface area contributed by atoms with E-state index in [4.69, 9.17) is 4.42 Å². The van der Waals surface area contributed by atoms with Crippen molar-refractivity contribution in [3.63, 3.8) is 0 Å². The summed E-state index contributed by atoms with van der Waals surface area (Å²) in [6.07, 6.45) is 1.65. The summed E-state index contributed by atoms with van der Waals surface area (Å²) >= 11 is 0. The molecule has 1 aliphatic heterocycles. The number of hydrogen-bond acceptors (Lipinski definition) is 5. The van der Waals surface area contributed by atoms with Crippen molar-refractivity contribution in [1.29, 1.82) is 0 Å². The second-order valence-electron chi connectivity index (χ2n) is 5.77. The van der Waals surface area contributed by atoms with Gasteiger partial charge in [-0.15, -0.1) is 0 Å². The number of furan rings is 1. The molecule has 1 N–H and O–H groups in total. The van der Waals surface area contributed by atoms with Crippen LogP contribution in [0.4, 0.5) is 19.1 Å². The van der Waals surface area contributed by atoms with Gasteiger partial charge in [0.1, 0.15) is 11.5 Å². The molecule has 0 aromatic carbocycles. The number of nitrogens with one attached hydrogen (secondary N) is 1. The number of piperidine rings is 1. The maximum Gasteiger partial charge on any atom is 0.433 e. The summed E-state index contributed by atoms with van der Waals surface area (Å²) in [7, 11) is 0. The molecule has 3 heterocycles. The highest BCUT2D eigenvalue weighted by Gasteiger charge is 2.33. The summed E-state index contributed by atoms with van der Waals surface area (Å²) < 4.78 is 43.7. The first-order valence-electron chi connectivity index (χ1n) is 7.95. The standard InChI is InChI=1S/C16H19F3N4O/c17-16(18,19)14-6-7-20-15(22-14)21-11-12(13-5-4-10-24-13)23-8-2-1-3-9-23/h4-7,10,12H,1-3,8-9,11H2,(H,20,21,22). The zero-order valence-electron chi connectivity index (χ0n) is 13.1. The molecule has 130 valence electrons. The van der Waals surface area contributed by atoms with Gasteiger partial charge in [-0.05, 0) is 44.1 Å². The van der Waals surface area contributed by atoms with Crippen molar-refractivity contribution in [3.8, 4) is 0 Å². The van der Waals surface area contributed by atoms with Gasteiger partial charge in [0.05, 0.1) is 12.3 Å². The molecule has 1 unspecified atom stereocenters. The minimum Gasteiger partial charge on any atom is -0.468 e. The first-order chi connectivity index (χ1) is 11.5. The number of hydrogen-bond donors (Lipinski definition) is 1. The summed E-state index contributed by atoms with van der Waals surface area (Å²) in [5.74, 6) is 0.759. The second kappa shape index (κ2) is 7.21. The van der Waals surface area contributed by atoms with Gasteiger partial charge in [0.15, 0.2) is 0 Å². The lowest BCUT2D eigenvalue weighted by atomic mass is 10.1. The molecule has 3 rings (SSSR count). The molecule has 0 aliphatic carbocycles. The van der Waals surface area contributed by atoms with E-state index in [-0.39, 0.29) is 12.0 Å². The highest BCUT2D eigenvalue weighted by Crippen LogP contribution is 2.28. The van der Waals surface area contributed by atoms with E-state index in [1.165, 1.54) is 6.42 Å². The molecule has 2 aromatic heterocycles. The molecular weight excluding hydrogens is 321 g/mol. The van der Waals surface area contributed by atoms with Crippen LogP contribution in [0.5, 0.6) is 0 Å². The average Bonchev–Trinajstić information content (AvgIpc) is 3.10. The third kappa shape index (κ3) is 4.05. The van der Waals surface area contributed by atoms with Crippen LogP contribution in [0.2, 0.25) is 0 Å². The molecule has 1 atom stereocenters. The van der Waals surface area contributed by atoms with Crippen LogP contribution < -0.4 is 5.32 Å². The monoisotopic (exact) mass is 340 g/mol. The topological polar surface area (TPSA) is 54.2 Å². The van der Waals surface area contributed by atoms with E-state index in [2.05, 4.69) is 20.2 Å². The first-order valence-corrected chi connectivity index (χ1v) is 7.95. The molecule has 24 heavy (non-hydrogen) atoms. The summed E-state index contributed by atoms with van der Waals surface area (Å²) in [4.78, 5) is 9.71. The summed E-state index contributed by atoms with van der Waals surface area (Å²) in [6, 6.07) is 4.50. The van der Waals surface area contributed by atoms with Crippen LogP contribution >= 0.6 is 0 Å². The fourth-order valence-corrected chi connectivity index (χ4v) is 2.91. The van der Waals surface area contributed by atoms with Crippen LogP contribution in [0.3, 0.4) is 0 Å². The Morgan fingerprint density at radius 1 is 1.21 bits per heavy atom. The maximum absolute atomic E-state index is 12.7. The van der Waals surface area contributed by atoms with Gasteiger partial charge in [-0.25, -0.2) is 9.97 Å². The normalized spacial score (nSPS) is 17.6. The predicted octanol–water partition coefficient (Wildman–Crippen LogP) is 3.73. The molecule has 0 radical (unpaired) electrons. The lowest BCUT2D eigenvalue weighted by Gasteiger charge is -2.33. The van der Waals surface area contributed by atoms with Crippen LogP contribution in [0, 0.1) is 0 Å². The largest absolute Gasteiger partial charge is 0.468 e. The van der Waals surface area contributed by atoms with Crippen LogP contribution in [0.15, 0.2) is 35.1 Å². The van der Waals surface area contributed by atoms with Crippen LogP contribution in [-0.4, -0.2) is 34.5 Å². The Kier molecular flexibility index (Phi) is 5.03. The van der Waals surface area contributed by atoms with Gasteiger partial charge < -0.3 is 9.73 Å². The van der Waals surface area contributed by atoms with E-state index in [9.17, 15) is 13.2 Å². The van der Waals surface area contributed by atoms with Crippen LogP contribution in [0.1, 0.15) is 36.8 Å². The van der Waals surface area contributed by atoms with Crippen molar-refractivity contribution in [2.45, 2.75) is 31.5 Å². The summed E-state index contributed by atoms with van der Waals surface area (Å²) in [6.45, 7) is 2.27. The number of likely N-dealkylation sites (tertiary alicyclic amines) is 1. The van der Waals surface area contributed by atoms with E-state index in [0.29, 0.717) is 6.54 Å². The van der Waals surface area contributed by atoms with Crippen molar-refractivity contribution in [2.24, 2.45) is 0 Å². The highest BCUT2D eigenvalue weighted by molar-refractivity contribution is 5.27. The Hall–Kier alpha value is -2.09. The molecule has 0 amide bonds. The quantitative estimate of drug-likeness (QED) is 0.899. The SMILES string of the molecule is FC(F)(F)c1ccnc(NCC(c2ccco2)N2CCCCC2)n1. The first kappa shape index (κ1) is 16.8. The van der Waals surface area contributed by atoms with Crippen LogP contribution in [-0.2, 0) is 6.18 Å². The predicted molar refractivity (Wildman–Crippen MR) is 82.4 cm³/mol. The van der Waals surface area contributed by atoms with Gasteiger partial charge >= 0.3 is 6.18 Å². The second-order valence-corrected chi connectivity index (χ2v) is 5.77. The highest BCUT2D eigenvalue weighted by atomic mass is 19.4. The molecule has 0 saturated carbocycles. The van der Waals surface area contributed by atoms with Crippen molar-refractivity contribution < 1.29 is 17.6 Å². The number of nitrogens with zero attached hydrogens (tertiary/aromatic N) is 3. The molecule has 2 aromatic rings. The zero-order valence-corrected chi connectivity index (χ0v) is 13.1. The molecule has 5 nitrogen and oxygen atoms in total. The van der Waals surface area contributed by atoms with Crippen molar-refractivity contribution >= 4 is 5.95 Å². The zero-order chi connectivity index (χ0) is 17.0. The molecule has 1 aliphatic rings. The number of anilines is 1. The fourth-order valence-electron chi connectivity index (χ4n) is 2.91. The molecule has 1 fully saturated rings. The Balaban J connectivity index is 1.72. The van der Waals surface area contributed by atoms with E-state index >= 15 is 0 Å². The van der Waals surface area contributed by atoms with Crippen molar-refractivity contribution in [3.05, 3.63) is 42.1 Å². The number of halogens is 3. The summed E-state index contributed by atoms with van der Waals surface area (Å²) in [5.41, 5.74) is -0.951. The molecular formula is C16H19F3N4O. The maximum atomic E-state index is 12.7. The van der Waals surface area contributed by atoms with Gasteiger partial charge in [-0.3, -0.25) is 4.90 Å². The Morgan fingerprint density at radius 2 is 2.00 bits per heavy atom. The smallest absolute Gasteiger partial charge is 0.433 e. The lowest BCUT2D eigenvalue weighted by Crippen LogP contribution is -2.37. The Morgan fingerprint density at radius 3 is 2.67 bits per heavy atom. The number of alkyl halides is 3. The van der Waals surface area contributed by atoms with Gasteiger partial charge in [0.25, 0.3) is 0 Å². The van der Waals surface area contributed by atoms with Gasteiger partial charge in [0, 0.05) is 12.7 Å². The number of aromatic nitrogens is 2. The summed E-state index contributed by atoms with van der Waals surface area (Å²) in [5, 5.41) is 2.92. The Bertz CT molecular complexity index is 639. The van der Waals surface area contributed by atoms with Crippen LogP contribution in [0.25, 0.3) is 0 Å². The van der Waals surface area contributed by atoms with E-state index in [1.54, 1.807) is 6.26 Å². The minimum atomic E-state index is -4.48. The van der Waals surface area contributed by atoms with Crippen molar-refractivity contribution in [1.82, 2.24) is 14.9 Å². The van der Waals surface area contributed by atoms with Gasteiger partial charge in [-0.2, -0.15) is 13.2 Å². The number of rotatable bonds is 5. The molecule has 1 saturated heterocycles. The van der Waals surface area contributed by atoms with Gasteiger partial charge in [-0.1, -0.05) is 6.42 Å². The molecule has 0 spiro atoms. The lowest BCUT2D eigenvalue weighted by molar-refractivity contribution is -0.141. The third-order valence-corrected chi connectivity index (χ3v) is 4.10. The molecule has 0 bridgehead atoms. The van der Waals surface area contributed by atoms with E-state index < -0.39 is 11.9 Å².